The molecule has 2 aliphatic rings. The maximum absolute atomic E-state index is 12.6. The number of aromatic nitrogens is 4. The number of carbonyl (C=O) groups is 1. The summed E-state index contributed by atoms with van der Waals surface area (Å²) in [5.74, 6) is 2.25. The highest BCUT2D eigenvalue weighted by Crippen LogP contribution is 2.46. The van der Waals surface area contributed by atoms with Gasteiger partial charge >= 0.3 is 0 Å². The van der Waals surface area contributed by atoms with Gasteiger partial charge in [0, 0.05) is 24.0 Å². The van der Waals surface area contributed by atoms with Crippen molar-refractivity contribution in [2.75, 3.05) is 25.6 Å². The summed E-state index contributed by atoms with van der Waals surface area (Å²) in [6.07, 6.45) is 0.251. The number of amides is 1. The van der Waals surface area contributed by atoms with Gasteiger partial charge in [-0.1, -0.05) is 0 Å². The summed E-state index contributed by atoms with van der Waals surface area (Å²) < 4.78 is 18.5. The summed E-state index contributed by atoms with van der Waals surface area (Å²) in [4.78, 5) is 23.9. The lowest BCUT2D eigenvalue weighted by Gasteiger charge is -2.27. The largest absolute Gasteiger partial charge is 0.493 e. The minimum atomic E-state index is -0.318. The van der Waals surface area contributed by atoms with Gasteiger partial charge in [-0.05, 0) is 30.7 Å². The Hall–Kier alpha value is -3.82. The van der Waals surface area contributed by atoms with Crippen LogP contribution in [0.4, 0.5) is 5.82 Å². The van der Waals surface area contributed by atoms with E-state index in [1.54, 1.807) is 13.2 Å². The molecule has 2 N–H and O–H groups in total. The molecule has 0 saturated heterocycles. The Morgan fingerprint density at radius 2 is 2.03 bits per heavy atom. The molecule has 1 atom stereocenters. The number of methoxy groups -OCH3 is 1. The number of aromatic amines is 1. The van der Waals surface area contributed by atoms with E-state index in [2.05, 4.69) is 20.6 Å². The zero-order valence-electron chi connectivity index (χ0n) is 16.4. The third-order valence-electron chi connectivity index (χ3n) is 5.24. The van der Waals surface area contributed by atoms with E-state index in [4.69, 9.17) is 14.2 Å². The van der Waals surface area contributed by atoms with Crippen LogP contribution in [-0.4, -0.2) is 46.2 Å². The minimum absolute atomic E-state index is 0.146. The number of hydrogen-bond acceptors (Lipinski definition) is 7. The van der Waals surface area contributed by atoms with E-state index in [-0.39, 0.29) is 23.8 Å². The average molecular weight is 409 g/mol. The molecule has 10 nitrogen and oxygen atoms in total. The van der Waals surface area contributed by atoms with Crippen molar-refractivity contribution >= 4 is 11.7 Å². The van der Waals surface area contributed by atoms with Crippen molar-refractivity contribution in [2.24, 2.45) is 0 Å². The van der Waals surface area contributed by atoms with Crippen molar-refractivity contribution in [2.45, 2.75) is 19.3 Å². The third kappa shape index (κ3) is 2.88. The Labute approximate surface area is 170 Å². The SMILES string of the molecule is COc1cc([C@H]2CC(=O)Nc3c2c(C)nn3-c2ccc(=O)[nH]n2)cc2c1OCCO2. The topological polar surface area (TPSA) is 120 Å². The van der Waals surface area contributed by atoms with Crippen molar-refractivity contribution in [3.05, 3.63) is 51.4 Å². The molecule has 0 saturated carbocycles. The number of ether oxygens (including phenoxy) is 3. The molecule has 0 bridgehead atoms. The standard InChI is InChI=1S/C20H19N5O5/c1-10-18-12(11-7-13(28-2)19-14(8-11)29-5-6-30-19)9-17(27)21-20(18)25(24-10)15-3-4-16(26)23-22-15/h3-4,7-8,12H,5-6,9H2,1-2H3,(H,21,27)(H,23,26)/t12-/m1/s1. The van der Waals surface area contributed by atoms with Crippen molar-refractivity contribution in [3.63, 3.8) is 0 Å². The summed E-state index contributed by atoms with van der Waals surface area (Å²) in [7, 11) is 1.57. The van der Waals surface area contributed by atoms with E-state index in [9.17, 15) is 9.59 Å². The van der Waals surface area contributed by atoms with Crippen LogP contribution in [0.3, 0.4) is 0 Å². The molecular weight excluding hydrogens is 390 g/mol. The average Bonchev–Trinajstić information content (AvgIpc) is 3.09. The van der Waals surface area contributed by atoms with Gasteiger partial charge in [-0.2, -0.15) is 14.9 Å². The number of nitrogens with one attached hydrogen (secondary N) is 2. The fourth-order valence-electron chi connectivity index (χ4n) is 3.95. The van der Waals surface area contributed by atoms with Gasteiger partial charge in [-0.25, -0.2) is 5.10 Å². The number of benzene rings is 1. The summed E-state index contributed by atoms with van der Waals surface area (Å²) in [5.41, 5.74) is 2.17. The molecule has 1 amide bonds. The first-order chi connectivity index (χ1) is 14.5. The summed E-state index contributed by atoms with van der Waals surface area (Å²) in [6, 6.07) is 6.67. The molecule has 2 aromatic heterocycles. The Morgan fingerprint density at radius 1 is 1.20 bits per heavy atom. The lowest BCUT2D eigenvalue weighted by Crippen LogP contribution is -2.25. The first kappa shape index (κ1) is 18.2. The number of rotatable bonds is 3. The zero-order valence-corrected chi connectivity index (χ0v) is 16.4. The number of fused-ring (bicyclic) bond motifs is 2. The second kappa shape index (κ2) is 6.90. The molecule has 0 spiro atoms. The van der Waals surface area contributed by atoms with Gasteiger partial charge in [0.2, 0.25) is 11.7 Å². The molecule has 4 heterocycles. The number of carbonyl (C=O) groups excluding carboxylic acids is 1. The van der Waals surface area contributed by atoms with Crippen molar-refractivity contribution in [3.8, 4) is 23.1 Å². The number of anilines is 1. The predicted molar refractivity (Wildman–Crippen MR) is 106 cm³/mol. The van der Waals surface area contributed by atoms with Gasteiger partial charge in [0.15, 0.2) is 17.3 Å². The molecule has 0 fully saturated rings. The molecule has 0 unspecified atom stereocenters. The maximum Gasteiger partial charge on any atom is 0.264 e. The fraction of sp³-hybridized carbons (Fsp3) is 0.300. The summed E-state index contributed by atoms with van der Waals surface area (Å²) in [6.45, 7) is 2.78. The van der Waals surface area contributed by atoms with Crippen LogP contribution in [-0.2, 0) is 4.79 Å². The van der Waals surface area contributed by atoms with Gasteiger partial charge in [0.05, 0.1) is 12.8 Å². The number of aryl methyl sites for hydroxylation is 1. The highest BCUT2D eigenvalue weighted by atomic mass is 16.6. The highest BCUT2D eigenvalue weighted by molar-refractivity contribution is 5.95. The van der Waals surface area contributed by atoms with Crippen molar-refractivity contribution in [1.29, 1.82) is 0 Å². The fourth-order valence-corrected chi connectivity index (χ4v) is 3.95. The first-order valence-electron chi connectivity index (χ1n) is 9.48. The van der Waals surface area contributed by atoms with Crippen molar-refractivity contribution in [1.82, 2.24) is 20.0 Å². The quantitative estimate of drug-likeness (QED) is 0.673. The Bertz CT molecular complexity index is 1180. The van der Waals surface area contributed by atoms with Crippen LogP contribution in [0.25, 0.3) is 5.82 Å². The van der Waals surface area contributed by atoms with E-state index >= 15 is 0 Å². The van der Waals surface area contributed by atoms with Crippen LogP contribution in [0, 0.1) is 6.92 Å². The van der Waals surface area contributed by atoms with Crippen LogP contribution in [0.2, 0.25) is 0 Å². The molecule has 154 valence electrons. The van der Waals surface area contributed by atoms with Crippen LogP contribution >= 0.6 is 0 Å². The number of H-pyrrole nitrogens is 1. The molecule has 30 heavy (non-hydrogen) atoms. The molecule has 0 aliphatic carbocycles. The second-order valence-electron chi connectivity index (χ2n) is 7.09. The molecule has 2 aliphatic heterocycles. The highest BCUT2D eigenvalue weighted by Gasteiger charge is 2.34. The predicted octanol–water partition coefficient (Wildman–Crippen LogP) is 1.52. The molecular formula is C20H19N5O5. The normalized spacial score (nSPS) is 17.3. The van der Waals surface area contributed by atoms with Gasteiger partial charge in [-0.15, -0.1) is 0 Å². The van der Waals surface area contributed by atoms with Crippen LogP contribution in [0.5, 0.6) is 17.2 Å². The third-order valence-corrected chi connectivity index (χ3v) is 5.24. The van der Waals surface area contributed by atoms with E-state index < -0.39 is 0 Å². The maximum atomic E-state index is 12.6. The zero-order chi connectivity index (χ0) is 20.8. The molecule has 1 aromatic carbocycles. The van der Waals surface area contributed by atoms with Gasteiger partial charge in [0.1, 0.15) is 19.0 Å². The monoisotopic (exact) mass is 409 g/mol. The summed E-state index contributed by atoms with van der Waals surface area (Å²) >= 11 is 0. The van der Waals surface area contributed by atoms with Gasteiger partial charge in [-0.3, -0.25) is 9.59 Å². The Morgan fingerprint density at radius 3 is 2.80 bits per heavy atom. The van der Waals surface area contributed by atoms with Crippen LogP contribution in [0.15, 0.2) is 29.1 Å². The first-order valence-corrected chi connectivity index (χ1v) is 9.48. The number of nitrogens with zero attached hydrogens (tertiary/aromatic N) is 3. The van der Waals surface area contributed by atoms with Crippen LogP contribution in [0.1, 0.15) is 29.2 Å². The Balaban J connectivity index is 1.65. The molecule has 5 rings (SSSR count). The van der Waals surface area contributed by atoms with Gasteiger partial charge < -0.3 is 19.5 Å². The van der Waals surface area contributed by atoms with Crippen molar-refractivity contribution < 1.29 is 19.0 Å². The Kier molecular flexibility index (Phi) is 4.19. The molecule has 10 heteroatoms. The van der Waals surface area contributed by atoms with E-state index in [0.29, 0.717) is 42.1 Å². The molecule has 0 radical (unpaired) electrons. The lowest BCUT2D eigenvalue weighted by atomic mass is 9.85. The van der Waals surface area contributed by atoms with E-state index in [1.165, 1.54) is 10.7 Å². The second-order valence-corrected chi connectivity index (χ2v) is 7.09. The summed E-state index contributed by atoms with van der Waals surface area (Å²) in [5, 5.41) is 13.9. The smallest absolute Gasteiger partial charge is 0.264 e. The van der Waals surface area contributed by atoms with E-state index in [0.717, 1.165) is 16.8 Å². The number of hydrogen-bond donors (Lipinski definition) is 2. The van der Waals surface area contributed by atoms with Crippen LogP contribution < -0.4 is 25.1 Å². The minimum Gasteiger partial charge on any atom is -0.493 e. The molecule has 3 aromatic rings. The van der Waals surface area contributed by atoms with E-state index in [1.807, 2.05) is 19.1 Å². The van der Waals surface area contributed by atoms with Gasteiger partial charge in [0.25, 0.3) is 5.56 Å². The lowest BCUT2D eigenvalue weighted by molar-refractivity contribution is -0.116.